The van der Waals surface area contributed by atoms with Crippen LogP contribution < -0.4 is 5.32 Å². The fourth-order valence-corrected chi connectivity index (χ4v) is 1.83. The topological polar surface area (TPSA) is 69.6 Å². The van der Waals surface area contributed by atoms with Crippen molar-refractivity contribution in [1.82, 2.24) is 10.2 Å². The van der Waals surface area contributed by atoms with E-state index < -0.39 is 12.1 Å². The summed E-state index contributed by atoms with van der Waals surface area (Å²) in [5, 5.41) is 12.3. The van der Waals surface area contributed by atoms with Crippen molar-refractivity contribution in [1.29, 1.82) is 0 Å². The number of amides is 2. The summed E-state index contributed by atoms with van der Waals surface area (Å²) < 4.78 is 0. The molecule has 1 saturated heterocycles. The summed E-state index contributed by atoms with van der Waals surface area (Å²) in [7, 11) is 0. The van der Waals surface area contributed by atoms with Gasteiger partial charge in [-0.15, -0.1) is 0 Å². The lowest BCUT2D eigenvalue weighted by Crippen LogP contribution is -2.45. The predicted molar refractivity (Wildman–Crippen MR) is 59.6 cm³/mol. The van der Waals surface area contributed by atoms with Crippen LogP contribution in [-0.4, -0.2) is 47.1 Å². The van der Waals surface area contributed by atoms with Gasteiger partial charge in [-0.1, -0.05) is 13.8 Å². The Hall–Kier alpha value is -1.10. The SMILES string of the molecule is CC(=O)N1C[C@H](O)CC1C(=O)NCC(C)C. The number of carbonyl (C=O) groups excluding carboxylic acids is 2. The first-order chi connectivity index (χ1) is 7.41. The second-order valence-electron chi connectivity index (χ2n) is 4.72. The van der Waals surface area contributed by atoms with E-state index in [0.717, 1.165) is 0 Å². The molecule has 0 aromatic heterocycles. The number of carbonyl (C=O) groups is 2. The summed E-state index contributed by atoms with van der Waals surface area (Å²) in [5.41, 5.74) is 0. The van der Waals surface area contributed by atoms with Crippen molar-refractivity contribution in [3.8, 4) is 0 Å². The van der Waals surface area contributed by atoms with Gasteiger partial charge in [-0.2, -0.15) is 0 Å². The van der Waals surface area contributed by atoms with Crippen molar-refractivity contribution >= 4 is 11.8 Å². The number of likely N-dealkylation sites (tertiary alicyclic amines) is 1. The molecule has 1 aliphatic rings. The van der Waals surface area contributed by atoms with Gasteiger partial charge in [0.1, 0.15) is 6.04 Å². The van der Waals surface area contributed by atoms with Gasteiger partial charge in [0.2, 0.25) is 11.8 Å². The van der Waals surface area contributed by atoms with E-state index in [1.807, 2.05) is 13.8 Å². The third kappa shape index (κ3) is 3.20. The second-order valence-corrected chi connectivity index (χ2v) is 4.72. The van der Waals surface area contributed by atoms with Crippen molar-refractivity contribution in [2.45, 2.75) is 39.3 Å². The van der Waals surface area contributed by atoms with E-state index in [2.05, 4.69) is 5.32 Å². The Bertz CT molecular complexity index is 278. The van der Waals surface area contributed by atoms with Gasteiger partial charge in [0.15, 0.2) is 0 Å². The van der Waals surface area contributed by atoms with Crippen molar-refractivity contribution in [3.63, 3.8) is 0 Å². The van der Waals surface area contributed by atoms with E-state index in [1.54, 1.807) is 0 Å². The summed E-state index contributed by atoms with van der Waals surface area (Å²) in [4.78, 5) is 24.5. The zero-order valence-electron chi connectivity index (χ0n) is 10.1. The maximum atomic E-state index is 11.8. The number of nitrogens with one attached hydrogen (secondary N) is 1. The number of rotatable bonds is 3. The highest BCUT2D eigenvalue weighted by atomic mass is 16.3. The zero-order chi connectivity index (χ0) is 12.3. The molecule has 1 fully saturated rings. The van der Waals surface area contributed by atoms with Gasteiger partial charge in [-0.25, -0.2) is 0 Å². The maximum absolute atomic E-state index is 11.8. The van der Waals surface area contributed by atoms with Crippen LogP contribution in [-0.2, 0) is 9.59 Å². The molecule has 0 bridgehead atoms. The molecule has 2 atom stereocenters. The highest BCUT2D eigenvalue weighted by molar-refractivity contribution is 5.87. The Kier molecular flexibility index (Phi) is 4.29. The largest absolute Gasteiger partial charge is 0.391 e. The monoisotopic (exact) mass is 228 g/mol. The molecule has 16 heavy (non-hydrogen) atoms. The first-order valence-corrected chi connectivity index (χ1v) is 5.64. The molecule has 0 radical (unpaired) electrons. The number of aliphatic hydroxyl groups is 1. The Balaban J connectivity index is 2.56. The molecule has 0 spiro atoms. The van der Waals surface area contributed by atoms with Crippen LogP contribution in [0.5, 0.6) is 0 Å². The molecule has 1 aliphatic heterocycles. The third-order valence-electron chi connectivity index (χ3n) is 2.67. The molecule has 0 aromatic rings. The number of hydrogen-bond donors (Lipinski definition) is 2. The van der Waals surface area contributed by atoms with Crippen LogP contribution in [0, 0.1) is 5.92 Å². The molecule has 92 valence electrons. The lowest BCUT2D eigenvalue weighted by Gasteiger charge is -2.22. The molecule has 0 saturated carbocycles. The summed E-state index contributed by atoms with van der Waals surface area (Å²) in [6, 6.07) is -0.508. The van der Waals surface area contributed by atoms with Crippen LogP contribution in [0.4, 0.5) is 0 Å². The third-order valence-corrected chi connectivity index (χ3v) is 2.67. The highest BCUT2D eigenvalue weighted by Gasteiger charge is 2.37. The molecule has 0 aliphatic carbocycles. The van der Waals surface area contributed by atoms with E-state index in [9.17, 15) is 14.7 Å². The van der Waals surface area contributed by atoms with Crippen LogP contribution in [0.25, 0.3) is 0 Å². The second kappa shape index (κ2) is 5.30. The Morgan fingerprint density at radius 3 is 2.62 bits per heavy atom. The summed E-state index contributed by atoms with van der Waals surface area (Å²) >= 11 is 0. The standard InChI is InChI=1S/C11H20N2O3/c1-7(2)5-12-11(16)10-4-9(15)6-13(10)8(3)14/h7,9-10,15H,4-6H2,1-3H3,(H,12,16)/t9-,10?/m1/s1. The first-order valence-electron chi connectivity index (χ1n) is 5.64. The molecule has 5 nitrogen and oxygen atoms in total. The van der Waals surface area contributed by atoms with Crippen LogP contribution in [0.3, 0.4) is 0 Å². The number of β-amino-alcohol motifs (C(OH)–C–C–N with tert-alkyl or cyclic N) is 1. The molecule has 2 N–H and O–H groups in total. The molecular formula is C11H20N2O3. The lowest BCUT2D eigenvalue weighted by molar-refractivity contribution is -0.137. The highest BCUT2D eigenvalue weighted by Crippen LogP contribution is 2.18. The fraction of sp³-hybridized carbons (Fsp3) is 0.818. The summed E-state index contributed by atoms with van der Waals surface area (Å²) in [6.45, 7) is 6.28. The first kappa shape index (κ1) is 13.0. The molecule has 1 unspecified atom stereocenters. The average molecular weight is 228 g/mol. The predicted octanol–water partition coefficient (Wildman–Crippen LogP) is -0.260. The Morgan fingerprint density at radius 2 is 2.12 bits per heavy atom. The van der Waals surface area contributed by atoms with Crippen molar-refractivity contribution < 1.29 is 14.7 Å². The zero-order valence-corrected chi connectivity index (χ0v) is 10.1. The molecule has 1 heterocycles. The van der Waals surface area contributed by atoms with Crippen LogP contribution in [0.15, 0.2) is 0 Å². The molecule has 1 rings (SSSR count). The molecule has 5 heteroatoms. The van der Waals surface area contributed by atoms with E-state index >= 15 is 0 Å². The van der Waals surface area contributed by atoms with Crippen LogP contribution >= 0.6 is 0 Å². The summed E-state index contributed by atoms with van der Waals surface area (Å²) in [6.07, 6.45) is -0.248. The van der Waals surface area contributed by atoms with Gasteiger partial charge in [0.25, 0.3) is 0 Å². The molecule has 0 aromatic carbocycles. The minimum Gasteiger partial charge on any atom is -0.391 e. The minimum atomic E-state index is -0.585. The Labute approximate surface area is 95.8 Å². The smallest absolute Gasteiger partial charge is 0.242 e. The van der Waals surface area contributed by atoms with Gasteiger partial charge < -0.3 is 15.3 Å². The maximum Gasteiger partial charge on any atom is 0.242 e. The van der Waals surface area contributed by atoms with Gasteiger partial charge >= 0.3 is 0 Å². The lowest BCUT2D eigenvalue weighted by atomic mass is 10.1. The van der Waals surface area contributed by atoms with E-state index in [1.165, 1.54) is 11.8 Å². The minimum absolute atomic E-state index is 0.166. The van der Waals surface area contributed by atoms with Crippen molar-refractivity contribution in [2.24, 2.45) is 5.92 Å². The van der Waals surface area contributed by atoms with E-state index in [4.69, 9.17) is 0 Å². The van der Waals surface area contributed by atoms with Crippen LogP contribution in [0.2, 0.25) is 0 Å². The number of aliphatic hydroxyl groups excluding tert-OH is 1. The summed E-state index contributed by atoms with van der Waals surface area (Å²) in [5.74, 6) is 0.0442. The van der Waals surface area contributed by atoms with E-state index in [0.29, 0.717) is 18.9 Å². The molecular weight excluding hydrogens is 208 g/mol. The average Bonchev–Trinajstić information content (AvgIpc) is 2.56. The fourth-order valence-electron chi connectivity index (χ4n) is 1.83. The van der Waals surface area contributed by atoms with Gasteiger partial charge in [-0.3, -0.25) is 9.59 Å². The normalized spacial score (nSPS) is 24.9. The number of hydrogen-bond acceptors (Lipinski definition) is 3. The van der Waals surface area contributed by atoms with Crippen molar-refractivity contribution in [2.75, 3.05) is 13.1 Å². The van der Waals surface area contributed by atoms with Gasteiger partial charge in [-0.05, 0) is 5.92 Å². The quantitative estimate of drug-likeness (QED) is 0.699. The molecule has 2 amide bonds. The van der Waals surface area contributed by atoms with Crippen molar-refractivity contribution in [3.05, 3.63) is 0 Å². The Morgan fingerprint density at radius 1 is 1.50 bits per heavy atom. The van der Waals surface area contributed by atoms with Gasteiger partial charge in [0.05, 0.1) is 6.10 Å². The van der Waals surface area contributed by atoms with E-state index in [-0.39, 0.29) is 18.4 Å². The number of nitrogens with zero attached hydrogens (tertiary/aromatic N) is 1. The van der Waals surface area contributed by atoms with Crippen LogP contribution in [0.1, 0.15) is 27.2 Å². The van der Waals surface area contributed by atoms with Gasteiger partial charge in [0, 0.05) is 26.4 Å².